The summed E-state index contributed by atoms with van der Waals surface area (Å²) in [6, 6.07) is 3.95. The highest BCUT2D eigenvalue weighted by atomic mass is 32.2. The Balaban J connectivity index is 2.53. The zero-order valence-corrected chi connectivity index (χ0v) is 13.6. The van der Waals surface area contributed by atoms with Gasteiger partial charge in [-0.3, -0.25) is 0 Å². The summed E-state index contributed by atoms with van der Waals surface area (Å²) >= 11 is 0. The van der Waals surface area contributed by atoms with Crippen LogP contribution in [0.2, 0.25) is 0 Å². The summed E-state index contributed by atoms with van der Waals surface area (Å²) in [4.78, 5) is 11.8. The molecule has 2 rings (SSSR count). The summed E-state index contributed by atoms with van der Waals surface area (Å²) in [5.41, 5.74) is -5.39. The van der Waals surface area contributed by atoms with E-state index in [0.29, 0.717) is 0 Å². The fraction of sp³-hybridized carbons (Fsp3) is 0.214. The van der Waals surface area contributed by atoms with Crippen molar-refractivity contribution in [2.75, 3.05) is 14.2 Å². The van der Waals surface area contributed by atoms with Gasteiger partial charge < -0.3 is 18.1 Å². The van der Waals surface area contributed by atoms with Crippen molar-refractivity contribution in [1.82, 2.24) is 0 Å². The number of methoxy groups -OCH3 is 2. The second-order valence-corrected chi connectivity index (χ2v) is 6.09. The number of alkyl halides is 3. The highest BCUT2D eigenvalue weighted by Gasteiger charge is 2.49. The molecule has 0 atom stereocenters. The van der Waals surface area contributed by atoms with E-state index < -0.39 is 27.3 Å². The minimum absolute atomic E-state index is 0.0438. The number of halogens is 3. The number of carbonyl (C=O) groups is 1. The number of ether oxygens (including phenoxy) is 2. The molecule has 136 valence electrons. The van der Waals surface area contributed by atoms with Crippen LogP contribution in [-0.2, 0) is 24.4 Å². The summed E-state index contributed by atoms with van der Waals surface area (Å²) in [6.07, 6.45) is 1.79. The second kappa shape index (κ2) is 6.67. The van der Waals surface area contributed by atoms with Crippen molar-refractivity contribution in [3.8, 4) is 5.75 Å². The summed E-state index contributed by atoms with van der Waals surface area (Å²) < 4.78 is 78.1. The lowest BCUT2D eigenvalue weighted by atomic mass is 10.1. The molecule has 2 aromatic rings. The first-order valence-electron chi connectivity index (χ1n) is 6.44. The van der Waals surface area contributed by atoms with E-state index in [1.54, 1.807) is 0 Å². The van der Waals surface area contributed by atoms with Crippen LogP contribution in [0.5, 0.6) is 5.75 Å². The minimum Gasteiger partial charge on any atom is -0.503 e. The summed E-state index contributed by atoms with van der Waals surface area (Å²) in [5, 5.41) is -0.0868. The van der Waals surface area contributed by atoms with Gasteiger partial charge in [-0.25, -0.2) is 4.79 Å². The van der Waals surface area contributed by atoms with E-state index in [-0.39, 0.29) is 22.1 Å². The first-order chi connectivity index (χ1) is 11.6. The van der Waals surface area contributed by atoms with Crippen molar-refractivity contribution in [3.05, 3.63) is 36.3 Å². The first kappa shape index (κ1) is 18.6. The summed E-state index contributed by atoms with van der Waals surface area (Å²) in [6.45, 7) is 0. The molecule has 0 aliphatic heterocycles. The average molecular weight is 380 g/mol. The molecule has 0 aliphatic carbocycles. The second-order valence-electron chi connectivity index (χ2n) is 4.55. The number of rotatable bonds is 5. The Bertz CT molecular complexity index is 926. The van der Waals surface area contributed by atoms with Gasteiger partial charge in [0, 0.05) is 0 Å². The van der Waals surface area contributed by atoms with E-state index in [0.717, 1.165) is 19.6 Å². The van der Waals surface area contributed by atoms with Crippen LogP contribution in [-0.4, -0.2) is 34.1 Å². The van der Waals surface area contributed by atoms with Crippen LogP contribution < -0.4 is 4.18 Å². The van der Waals surface area contributed by atoms with E-state index in [1.807, 2.05) is 0 Å². The maximum Gasteiger partial charge on any atom is 0.534 e. The normalized spacial score (nSPS) is 12.9. The molecule has 0 bridgehead atoms. The third-order valence-electron chi connectivity index (χ3n) is 2.97. The van der Waals surface area contributed by atoms with Crippen molar-refractivity contribution in [2.45, 2.75) is 5.51 Å². The van der Waals surface area contributed by atoms with Crippen LogP contribution in [0, 0.1) is 0 Å². The maximum atomic E-state index is 12.5. The number of fused-ring (bicyclic) bond motifs is 1. The third kappa shape index (κ3) is 3.71. The van der Waals surface area contributed by atoms with Crippen molar-refractivity contribution >= 4 is 32.6 Å². The average Bonchev–Trinajstić information content (AvgIpc) is 2.92. The Hall–Kier alpha value is -2.69. The van der Waals surface area contributed by atoms with Crippen molar-refractivity contribution in [2.24, 2.45) is 0 Å². The van der Waals surface area contributed by atoms with Gasteiger partial charge in [-0.05, 0) is 17.7 Å². The van der Waals surface area contributed by atoms with Gasteiger partial charge in [-0.1, -0.05) is 6.07 Å². The molecule has 0 unspecified atom stereocenters. The van der Waals surface area contributed by atoms with Gasteiger partial charge in [0.25, 0.3) is 0 Å². The molecule has 0 amide bonds. The lowest BCUT2D eigenvalue weighted by Crippen LogP contribution is -2.27. The van der Waals surface area contributed by atoms with Gasteiger partial charge in [0.1, 0.15) is 17.4 Å². The molecule has 25 heavy (non-hydrogen) atoms. The number of benzene rings is 1. The lowest BCUT2D eigenvalue weighted by molar-refractivity contribution is -0.133. The monoisotopic (exact) mass is 380 g/mol. The Morgan fingerprint density at radius 2 is 1.92 bits per heavy atom. The molecule has 0 fully saturated rings. The van der Waals surface area contributed by atoms with Gasteiger partial charge >= 0.3 is 21.6 Å². The van der Waals surface area contributed by atoms with E-state index in [4.69, 9.17) is 9.15 Å². The van der Waals surface area contributed by atoms with Gasteiger partial charge in [0.2, 0.25) is 0 Å². The Labute approximate surface area is 139 Å². The van der Waals surface area contributed by atoms with Crippen LogP contribution in [0.15, 0.2) is 35.1 Å². The Kier molecular flexibility index (Phi) is 4.97. The van der Waals surface area contributed by atoms with E-state index in [1.165, 1.54) is 25.3 Å². The molecule has 1 aromatic heterocycles. The van der Waals surface area contributed by atoms with Crippen molar-refractivity contribution < 1.29 is 44.5 Å². The van der Waals surface area contributed by atoms with Crippen LogP contribution in [0.1, 0.15) is 5.56 Å². The van der Waals surface area contributed by atoms with Crippen LogP contribution >= 0.6 is 0 Å². The van der Waals surface area contributed by atoms with Crippen LogP contribution in [0.4, 0.5) is 13.2 Å². The molecular formula is C14H11F3O7S. The van der Waals surface area contributed by atoms with Crippen LogP contribution in [0.3, 0.4) is 0 Å². The fourth-order valence-electron chi connectivity index (χ4n) is 1.87. The lowest BCUT2D eigenvalue weighted by Gasteiger charge is -2.08. The molecule has 0 radical (unpaired) electrons. The van der Waals surface area contributed by atoms with E-state index in [9.17, 15) is 26.4 Å². The molecular weight excluding hydrogens is 369 g/mol. The predicted octanol–water partition coefficient (Wildman–Crippen LogP) is 2.82. The SMILES string of the molecule is CO/C=C(/C(=O)OC)c1ccc2occ(OS(=O)(=O)C(F)(F)F)c2c1. The highest BCUT2D eigenvalue weighted by molar-refractivity contribution is 7.88. The Morgan fingerprint density at radius 1 is 1.24 bits per heavy atom. The van der Waals surface area contributed by atoms with Crippen molar-refractivity contribution in [1.29, 1.82) is 0 Å². The molecule has 0 saturated carbocycles. The number of esters is 1. The Morgan fingerprint density at radius 3 is 2.48 bits per heavy atom. The summed E-state index contributed by atoms with van der Waals surface area (Å²) in [5.74, 6) is -1.44. The van der Waals surface area contributed by atoms with E-state index in [2.05, 4.69) is 8.92 Å². The minimum atomic E-state index is -5.87. The number of hydrogen-bond donors (Lipinski definition) is 0. The molecule has 0 N–H and O–H groups in total. The number of hydrogen-bond acceptors (Lipinski definition) is 7. The van der Waals surface area contributed by atoms with Gasteiger partial charge in [-0.2, -0.15) is 21.6 Å². The van der Waals surface area contributed by atoms with Gasteiger partial charge in [0.05, 0.1) is 25.9 Å². The smallest absolute Gasteiger partial charge is 0.503 e. The largest absolute Gasteiger partial charge is 0.534 e. The molecule has 0 spiro atoms. The molecule has 1 aromatic carbocycles. The standard InChI is InChI=1S/C14H11F3O7S/c1-21-6-10(13(18)22-2)8-3-4-11-9(5-8)12(7-23-11)24-25(19,20)14(15,16)17/h3-7H,1-2H3/b10-6+. The maximum absolute atomic E-state index is 12.5. The molecule has 0 aliphatic rings. The third-order valence-corrected chi connectivity index (χ3v) is 3.94. The van der Waals surface area contributed by atoms with Crippen LogP contribution in [0.25, 0.3) is 16.5 Å². The highest BCUT2D eigenvalue weighted by Crippen LogP contribution is 2.34. The molecule has 7 nitrogen and oxygen atoms in total. The zero-order chi connectivity index (χ0) is 18.8. The van der Waals surface area contributed by atoms with E-state index >= 15 is 0 Å². The molecule has 11 heteroatoms. The van der Waals surface area contributed by atoms with Gasteiger partial charge in [-0.15, -0.1) is 0 Å². The fourth-order valence-corrected chi connectivity index (χ4v) is 2.33. The first-order valence-corrected chi connectivity index (χ1v) is 7.85. The topological polar surface area (TPSA) is 92.0 Å². The quantitative estimate of drug-likeness (QED) is 0.259. The molecule has 1 heterocycles. The van der Waals surface area contributed by atoms with Crippen molar-refractivity contribution in [3.63, 3.8) is 0 Å². The van der Waals surface area contributed by atoms with Gasteiger partial charge in [0.15, 0.2) is 5.75 Å². The predicted molar refractivity (Wildman–Crippen MR) is 78.8 cm³/mol. The zero-order valence-electron chi connectivity index (χ0n) is 12.8. The number of carbonyl (C=O) groups excluding carboxylic acids is 1. The summed E-state index contributed by atoms with van der Waals surface area (Å²) in [7, 11) is -3.45. The number of furan rings is 1. The molecule has 0 saturated heterocycles.